The molecule has 0 saturated carbocycles. The molecule has 1 unspecified atom stereocenters. The summed E-state index contributed by atoms with van der Waals surface area (Å²) < 4.78 is 4.94. The van der Waals surface area contributed by atoms with Crippen LogP contribution >= 0.6 is 0 Å². The maximum atomic E-state index is 12.9. The summed E-state index contributed by atoms with van der Waals surface area (Å²) in [6.45, 7) is 6.23. The van der Waals surface area contributed by atoms with Crippen LogP contribution in [0.2, 0.25) is 0 Å². The van der Waals surface area contributed by atoms with E-state index in [1.54, 1.807) is 0 Å². The zero-order chi connectivity index (χ0) is 33.7. The van der Waals surface area contributed by atoms with E-state index in [1.807, 2.05) is 78.9 Å². The Hall–Kier alpha value is -3.26. The third kappa shape index (κ3) is 11.1. The minimum atomic E-state index is 0. The van der Waals surface area contributed by atoms with Crippen LogP contribution in [-0.4, -0.2) is 89.9 Å². The molecule has 4 bridgehead atoms. The van der Waals surface area contributed by atoms with Crippen molar-refractivity contribution in [3.8, 4) is 0 Å². The number of allylic oxidation sites excluding steroid dienone is 1. The number of hydrogen-bond donors (Lipinski definition) is 0. The fraction of sp³-hybridized carbons (Fsp3) is 0.364. The molecule has 11 rings (SSSR count). The second-order valence-electron chi connectivity index (χ2n) is 13.4. The van der Waals surface area contributed by atoms with Gasteiger partial charge in [-0.15, -0.1) is 0 Å². The standard InChI is InChI=1S/C20H21NO.C14H15NO.C6H5.C4H8O.ClH.Mg/c22-20-17-11-13-21(14-12-17)19(20)18(15-7-3-1-4-8-15)16-9-5-2-6-10-16;16-14-12-6-8-15(9-7-12)13(14)10-11-4-2-1-3-5-11;1-2-4-6-5-3-1;1-2-4-5-3-1;;/h1-10,17-19H,11-14H2;1-5,10,12H,6-9H2;1-5H;1-4H2;1H;/q;;-1;;;+2/p-1/b;13-10-;;;;. The molecule has 5 nitrogen and oxygen atoms in total. The maximum Gasteiger partial charge on any atom is 2.00 e. The van der Waals surface area contributed by atoms with Crippen molar-refractivity contribution < 1.29 is 26.7 Å². The van der Waals surface area contributed by atoms with E-state index < -0.39 is 0 Å². The molecule has 7 fully saturated rings. The molecule has 1 atom stereocenters. The van der Waals surface area contributed by atoms with Crippen LogP contribution in [0.3, 0.4) is 0 Å². The quantitative estimate of drug-likeness (QED) is 0.174. The van der Waals surface area contributed by atoms with E-state index in [-0.39, 0.29) is 53.3 Å². The minimum Gasteiger partial charge on any atom is -1.00 e. The Bertz CT molecular complexity index is 1530. The van der Waals surface area contributed by atoms with E-state index in [0.29, 0.717) is 17.5 Å². The van der Waals surface area contributed by atoms with Crippen LogP contribution in [0.25, 0.3) is 6.08 Å². The number of Topliss-reactive ketones (excluding diaryl/α,β-unsaturated/α-hetero) is 2. The van der Waals surface area contributed by atoms with Crippen molar-refractivity contribution in [2.75, 3.05) is 39.4 Å². The molecule has 262 valence electrons. The van der Waals surface area contributed by atoms with E-state index in [9.17, 15) is 9.59 Å². The van der Waals surface area contributed by atoms with Gasteiger partial charge in [-0.2, -0.15) is 36.4 Å². The number of ether oxygens (including phenoxy) is 1. The summed E-state index contributed by atoms with van der Waals surface area (Å²) in [6, 6.07) is 43.6. The number of carbonyl (C=O) groups excluding carboxylic acids is 2. The number of ketones is 2. The van der Waals surface area contributed by atoms with Crippen LogP contribution in [0.15, 0.2) is 127 Å². The smallest absolute Gasteiger partial charge is 1.00 e. The second-order valence-corrected chi connectivity index (χ2v) is 13.4. The summed E-state index contributed by atoms with van der Waals surface area (Å²) in [5.41, 5.74) is 4.55. The molecular formula is C44H49ClMgN2O3. The second kappa shape index (κ2) is 21.3. The number of benzene rings is 4. The molecule has 0 aliphatic carbocycles. The van der Waals surface area contributed by atoms with Crippen molar-refractivity contribution in [1.82, 2.24) is 9.80 Å². The van der Waals surface area contributed by atoms with Gasteiger partial charge in [0.15, 0.2) is 11.6 Å². The first-order chi connectivity index (χ1) is 24.2. The predicted molar refractivity (Wildman–Crippen MR) is 203 cm³/mol. The molecule has 4 aromatic carbocycles. The van der Waals surface area contributed by atoms with Crippen LogP contribution in [0.1, 0.15) is 61.1 Å². The van der Waals surface area contributed by atoms with E-state index in [2.05, 4.69) is 64.4 Å². The first-order valence-corrected chi connectivity index (χ1v) is 18.1. The largest absolute Gasteiger partial charge is 2.00 e. The topological polar surface area (TPSA) is 49.9 Å². The summed E-state index contributed by atoms with van der Waals surface area (Å²) >= 11 is 0. The number of piperidine rings is 6. The van der Waals surface area contributed by atoms with Gasteiger partial charge in [0.2, 0.25) is 0 Å². The zero-order valence-corrected chi connectivity index (χ0v) is 31.8. The van der Waals surface area contributed by atoms with Crippen LogP contribution in [0.5, 0.6) is 0 Å². The molecule has 0 aromatic heterocycles. The number of halogens is 1. The van der Waals surface area contributed by atoms with Crippen molar-refractivity contribution in [2.24, 2.45) is 11.8 Å². The Morgan fingerprint density at radius 3 is 1.55 bits per heavy atom. The average Bonchev–Trinajstić information content (AvgIpc) is 3.78. The van der Waals surface area contributed by atoms with Gasteiger partial charge in [-0.3, -0.25) is 14.5 Å². The van der Waals surface area contributed by atoms with E-state index in [4.69, 9.17) is 4.74 Å². The van der Waals surface area contributed by atoms with Gasteiger partial charge >= 0.3 is 23.1 Å². The Kier molecular flexibility index (Phi) is 16.9. The van der Waals surface area contributed by atoms with Crippen LogP contribution < -0.4 is 12.4 Å². The fourth-order valence-electron chi connectivity index (χ4n) is 7.61. The van der Waals surface area contributed by atoms with E-state index in [1.165, 1.54) is 24.0 Å². The Balaban J connectivity index is 0.000000175. The molecule has 4 aromatic rings. The van der Waals surface area contributed by atoms with Gasteiger partial charge in [0.05, 0.1) is 11.7 Å². The van der Waals surface area contributed by atoms with Gasteiger partial charge in [0, 0.05) is 44.1 Å². The predicted octanol–water partition coefficient (Wildman–Crippen LogP) is 4.71. The SMILES string of the molecule is C1CCOC1.O=C1/C(=C/c2ccccc2)N2CCC1CC2.O=C1C2CCN(CC2)C1C(c1ccccc1)c1ccccc1.[Cl-].[Mg+2].[c-]1ccccc1. The average molecular weight is 714 g/mol. The Labute approximate surface area is 327 Å². The van der Waals surface area contributed by atoms with Gasteiger partial charge in [0.1, 0.15) is 0 Å². The van der Waals surface area contributed by atoms with Crippen molar-refractivity contribution in [3.05, 3.63) is 150 Å². The molecule has 7 heteroatoms. The van der Waals surface area contributed by atoms with Gasteiger partial charge < -0.3 is 22.0 Å². The molecular weight excluding hydrogens is 664 g/mol. The molecule has 0 N–H and O–H groups in total. The first kappa shape index (κ1) is 40.5. The van der Waals surface area contributed by atoms with Gasteiger partial charge in [-0.1, -0.05) is 91.0 Å². The van der Waals surface area contributed by atoms with Crippen molar-refractivity contribution in [3.63, 3.8) is 0 Å². The molecule has 7 aliphatic rings. The fourth-order valence-corrected chi connectivity index (χ4v) is 7.61. The Morgan fingerprint density at radius 2 is 1.14 bits per heavy atom. The summed E-state index contributed by atoms with van der Waals surface area (Å²) in [5.74, 6) is 1.53. The van der Waals surface area contributed by atoms with Crippen LogP contribution in [0.4, 0.5) is 0 Å². The number of rotatable bonds is 4. The molecule has 7 aliphatic heterocycles. The summed E-state index contributed by atoms with van der Waals surface area (Å²) in [5, 5.41) is 0. The first-order valence-electron chi connectivity index (χ1n) is 18.1. The maximum absolute atomic E-state index is 12.9. The van der Waals surface area contributed by atoms with Crippen molar-refractivity contribution in [2.45, 2.75) is 50.5 Å². The number of nitrogens with zero attached hydrogens (tertiary/aromatic N) is 2. The third-order valence-electron chi connectivity index (χ3n) is 10.2. The number of carbonyl (C=O) groups is 2. The van der Waals surface area contributed by atoms with E-state index in [0.717, 1.165) is 76.3 Å². The van der Waals surface area contributed by atoms with Gasteiger partial charge in [-0.05, 0) is 74.4 Å². The molecule has 0 amide bonds. The van der Waals surface area contributed by atoms with E-state index >= 15 is 0 Å². The molecule has 0 spiro atoms. The summed E-state index contributed by atoms with van der Waals surface area (Å²) in [4.78, 5) is 29.7. The van der Waals surface area contributed by atoms with Crippen LogP contribution in [0, 0.1) is 17.9 Å². The Morgan fingerprint density at radius 1 is 0.647 bits per heavy atom. The molecule has 7 heterocycles. The third-order valence-corrected chi connectivity index (χ3v) is 10.2. The van der Waals surface area contributed by atoms with Crippen molar-refractivity contribution in [1.29, 1.82) is 0 Å². The summed E-state index contributed by atoms with van der Waals surface area (Å²) in [7, 11) is 0. The zero-order valence-electron chi connectivity index (χ0n) is 29.6. The van der Waals surface area contributed by atoms with Crippen molar-refractivity contribution >= 4 is 40.7 Å². The van der Waals surface area contributed by atoms with Gasteiger partial charge in [-0.25, -0.2) is 0 Å². The minimum absolute atomic E-state index is 0. The number of fused-ring (bicyclic) bond motifs is 6. The summed E-state index contributed by atoms with van der Waals surface area (Å²) in [6.07, 6.45) is 8.78. The normalized spacial score (nSPS) is 22.3. The van der Waals surface area contributed by atoms with Crippen LogP contribution in [-0.2, 0) is 14.3 Å². The van der Waals surface area contributed by atoms with Gasteiger partial charge in [0.25, 0.3) is 0 Å². The number of hydrogen-bond acceptors (Lipinski definition) is 5. The molecule has 7 saturated heterocycles. The monoisotopic (exact) mass is 712 g/mol. The molecule has 51 heavy (non-hydrogen) atoms. The molecule has 0 radical (unpaired) electrons.